The molecule has 0 aliphatic rings. The van der Waals surface area contributed by atoms with Crippen LogP contribution in [-0.4, -0.2) is 19.2 Å². The summed E-state index contributed by atoms with van der Waals surface area (Å²) in [6, 6.07) is 0. The van der Waals surface area contributed by atoms with Crippen molar-refractivity contribution in [3.05, 3.63) is 12.3 Å². The molecule has 0 saturated carbocycles. The van der Waals surface area contributed by atoms with Crippen molar-refractivity contribution in [2.24, 2.45) is 0 Å². The summed E-state index contributed by atoms with van der Waals surface area (Å²) in [7, 11) is 0. The van der Waals surface area contributed by atoms with Gasteiger partial charge in [0.2, 0.25) is 0 Å². The van der Waals surface area contributed by atoms with Gasteiger partial charge in [-0.05, 0) is 13.8 Å². The lowest BCUT2D eigenvalue weighted by atomic mass is 10.6. The minimum atomic E-state index is -0.375. The van der Waals surface area contributed by atoms with Crippen molar-refractivity contribution in [3.8, 4) is 0 Å². The van der Waals surface area contributed by atoms with Crippen molar-refractivity contribution in [1.82, 2.24) is 5.48 Å². The molecule has 0 rings (SSSR count). The number of carbonyl (C=O) groups is 1. The van der Waals surface area contributed by atoms with E-state index in [4.69, 9.17) is 4.84 Å². The van der Waals surface area contributed by atoms with Crippen molar-refractivity contribution in [1.29, 1.82) is 0 Å². The van der Waals surface area contributed by atoms with Crippen LogP contribution in [0.25, 0.3) is 0 Å². The number of rotatable bonds is 5. The molecule has 0 radical (unpaired) electrons. The molecule has 4 nitrogen and oxygen atoms in total. The Kier molecular flexibility index (Phi) is 6.42. The number of hydrogen-bond acceptors (Lipinski definition) is 4. The van der Waals surface area contributed by atoms with Crippen LogP contribution in [0.2, 0.25) is 0 Å². The van der Waals surface area contributed by atoms with Gasteiger partial charge in [0.25, 0.3) is 0 Å². The fraction of sp³-hybridized carbons (Fsp3) is 0.571. The molecule has 0 saturated heterocycles. The van der Waals surface area contributed by atoms with E-state index in [1.807, 2.05) is 6.92 Å². The SMILES string of the molecule is CCON/C=C/C(=O)OCC. The molecule has 64 valence electrons. The summed E-state index contributed by atoms with van der Waals surface area (Å²) in [6.45, 7) is 4.53. The highest BCUT2D eigenvalue weighted by Gasteiger charge is 1.90. The summed E-state index contributed by atoms with van der Waals surface area (Å²) in [4.78, 5) is 15.3. The third kappa shape index (κ3) is 6.86. The second kappa shape index (κ2) is 7.08. The summed E-state index contributed by atoms with van der Waals surface area (Å²) in [5.74, 6) is -0.375. The summed E-state index contributed by atoms with van der Waals surface area (Å²) in [5.41, 5.74) is 2.44. The van der Waals surface area contributed by atoms with Crippen molar-refractivity contribution < 1.29 is 14.4 Å². The number of carbonyl (C=O) groups excluding carboxylic acids is 1. The smallest absolute Gasteiger partial charge is 0.332 e. The van der Waals surface area contributed by atoms with Gasteiger partial charge in [0.1, 0.15) is 0 Å². The Hall–Kier alpha value is -1.03. The van der Waals surface area contributed by atoms with Gasteiger partial charge in [0.05, 0.1) is 13.2 Å². The molecular formula is C7H13NO3. The predicted molar refractivity (Wildman–Crippen MR) is 40.5 cm³/mol. The number of ether oxygens (including phenoxy) is 1. The second-order valence-corrected chi connectivity index (χ2v) is 1.64. The molecule has 0 atom stereocenters. The fourth-order valence-corrected chi connectivity index (χ4v) is 0.424. The van der Waals surface area contributed by atoms with Crippen LogP contribution >= 0.6 is 0 Å². The predicted octanol–water partition coefficient (Wildman–Crippen LogP) is 0.604. The maximum atomic E-state index is 10.6. The first-order chi connectivity index (χ1) is 5.31. The van der Waals surface area contributed by atoms with Crippen molar-refractivity contribution >= 4 is 5.97 Å². The van der Waals surface area contributed by atoms with Gasteiger partial charge >= 0.3 is 5.97 Å². The molecule has 0 aromatic rings. The van der Waals surface area contributed by atoms with Gasteiger partial charge in [-0.3, -0.25) is 10.3 Å². The second-order valence-electron chi connectivity index (χ2n) is 1.64. The van der Waals surface area contributed by atoms with Crippen LogP contribution in [0.15, 0.2) is 12.3 Å². The van der Waals surface area contributed by atoms with E-state index >= 15 is 0 Å². The minimum absolute atomic E-state index is 0.375. The molecule has 0 aliphatic carbocycles. The van der Waals surface area contributed by atoms with Gasteiger partial charge in [-0.2, -0.15) is 0 Å². The average molecular weight is 159 g/mol. The van der Waals surface area contributed by atoms with Gasteiger partial charge in [-0.1, -0.05) is 0 Å². The number of hydroxylamine groups is 1. The van der Waals surface area contributed by atoms with Crippen LogP contribution in [0, 0.1) is 0 Å². The molecule has 0 heterocycles. The number of esters is 1. The van der Waals surface area contributed by atoms with E-state index in [1.165, 1.54) is 12.3 Å². The molecule has 0 spiro atoms. The first-order valence-electron chi connectivity index (χ1n) is 3.51. The van der Waals surface area contributed by atoms with Crippen LogP contribution in [0.3, 0.4) is 0 Å². The Balaban J connectivity index is 3.32. The van der Waals surface area contributed by atoms with Gasteiger partial charge in [0.15, 0.2) is 0 Å². The summed E-state index contributed by atoms with van der Waals surface area (Å²) >= 11 is 0. The van der Waals surface area contributed by atoms with E-state index in [2.05, 4.69) is 10.2 Å². The van der Waals surface area contributed by atoms with Gasteiger partial charge in [-0.15, -0.1) is 0 Å². The Bertz CT molecular complexity index is 134. The van der Waals surface area contributed by atoms with E-state index in [0.717, 1.165) is 0 Å². The monoisotopic (exact) mass is 159 g/mol. The topological polar surface area (TPSA) is 47.6 Å². The number of hydrogen-bond donors (Lipinski definition) is 1. The Morgan fingerprint density at radius 3 is 2.73 bits per heavy atom. The standard InChI is InChI=1S/C7H13NO3/c1-3-10-7(9)5-6-8-11-4-2/h5-6,8H,3-4H2,1-2H3/b6-5+. The fourth-order valence-electron chi connectivity index (χ4n) is 0.424. The number of nitrogens with one attached hydrogen (secondary N) is 1. The zero-order chi connectivity index (χ0) is 8.53. The molecule has 0 aromatic heterocycles. The third-order valence-corrected chi connectivity index (χ3v) is 0.802. The van der Waals surface area contributed by atoms with Crippen LogP contribution in [0.4, 0.5) is 0 Å². The minimum Gasteiger partial charge on any atom is -0.463 e. The zero-order valence-electron chi connectivity index (χ0n) is 6.79. The van der Waals surface area contributed by atoms with Gasteiger partial charge < -0.3 is 4.74 Å². The zero-order valence-corrected chi connectivity index (χ0v) is 6.79. The first kappa shape index (κ1) is 9.97. The van der Waals surface area contributed by atoms with E-state index in [9.17, 15) is 4.79 Å². The van der Waals surface area contributed by atoms with E-state index in [-0.39, 0.29) is 5.97 Å². The Morgan fingerprint density at radius 1 is 1.45 bits per heavy atom. The maximum absolute atomic E-state index is 10.6. The average Bonchev–Trinajstić information content (AvgIpc) is 1.99. The lowest BCUT2D eigenvalue weighted by molar-refractivity contribution is -0.137. The molecule has 0 amide bonds. The first-order valence-corrected chi connectivity index (χ1v) is 3.51. The van der Waals surface area contributed by atoms with E-state index in [1.54, 1.807) is 6.92 Å². The molecule has 0 aliphatic heterocycles. The highest BCUT2D eigenvalue weighted by atomic mass is 16.6. The summed E-state index contributed by atoms with van der Waals surface area (Å²) in [6.07, 6.45) is 2.65. The van der Waals surface area contributed by atoms with Crippen LogP contribution < -0.4 is 5.48 Å². The molecule has 0 fully saturated rings. The molecule has 1 N–H and O–H groups in total. The highest BCUT2D eigenvalue weighted by Crippen LogP contribution is 1.78. The highest BCUT2D eigenvalue weighted by molar-refractivity contribution is 5.81. The third-order valence-electron chi connectivity index (χ3n) is 0.802. The molecule has 11 heavy (non-hydrogen) atoms. The molecule has 0 unspecified atom stereocenters. The summed E-state index contributed by atoms with van der Waals surface area (Å²) in [5, 5.41) is 0. The van der Waals surface area contributed by atoms with Gasteiger partial charge in [0, 0.05) is 12.3 Å². The van der Waals surface area contributed by atoms with E-state index < -0.39 is 0 Å². The molecule has 0 aromatic carbocycles. The lowest BCUT2D eigenvalue weighted by Gasteiger charge is -1.97. The maximum Gasteiger partial charge on any atom is 0.332 e. The normalized spacial score (nSPS) is 10.0. The van der Waals surface area contributed by atoms with Crippen molar-refractivity contribution in [3.63, 3.8) is 0 Å². The van der Waals surface area contributed by atoms with E-state index in [0.29, 0.717) is 13.2 Å². The molecular weight excluding hydrogens is 146 g/mol. The Morgan fingerprint density at radius 2 is 2.18 bits per heavy atom. The van der Waals surface area contributed by atoms with Crippen LogP contribution in [0.1, 0.15) is 13.8 Å². The van der Waals surface area contributed by atoms with Gasteiger partial charge in [-0.25, -0.2) is 4.79 Å². The quantitative estimate of drug-likeness (QED) is 0.276. The Labute approximate surface area is 66.1 Å². The van der Waals surface area contributed by atoms with Crippen molar-refractivity contribution in [2.75, 3.05) is 13.2 Å². The van der Waals surface area contributed by atoms with Crippen LogP contribution in [-0.2, 0) is 14.4 Å². The lowest BCUT2D eigenvalue weighted by Crippen LogP contribution is -2.07. The molecule has 4 heteroatoms. The largest absolute Gasteiger partial charge is 0.463 e. The molecule has 0 bridgehead atoms. The van der Waals surface area contributed by atoms with Crippen LogP contribution in [0.5, 0.6) is 0 Å². The van der Waals surface area contributed by atoms with Crippen molar-refractivity contribution in [2.45, 2.75) is 13.8 Å². The summed E-state index contributed by atoms with van der Waals surface area (Å²) < 4.78 is 4.60.